The molecule has 0 saturated carbocycles. The normalized spacial score (nSPS) is 10.4. The number of rotatable bonds is 8. The van der Waals surface area contributed by atoms with Crippen molar-refractivity contribution in [3.05, 3.63) is 51.0 Å². The number of unbranched alkanes of at least 4 members (excludes halogenated alkanes) is 1. The van der Waals surface area contributed by atoms with Crippen LogP contribution in [0.4, 0.5) is 0 Å². The van der Waals surface area contributed by atoms with Crippen molar-refractivity contribution in [2.24, 2.45) is 0 Å². The second-order valence-electron chi connectivity index (χ2n) is 8.19. The van der Waals surface area contributed by atoms with Crippen molar-refractivity contribution in [2.75, 3.05) is 20.8 Å². The minimum atomic E-state index is -0.750. The van der Waals surface area contributed by atoms with Crippen molar-refractivity contribution in [3.8, 4) is 17.2 Å². The molecule has 0 amide bonds. The Labute approximate surface area is 243 Å². The molecule has 0 aliphatic rings. The molecule has 7 heteroatoms. The number of benzene rings is 2. The topological polar surface area (TPSA) is 67.8 Å². The molecule has 0 radical (unpaired) electrons. The van der Waals surface area contributed by atoms with Gasteiger partial charge in [-0.15, -0.1) is 5.60 Å². The number of halogens is 1. The summed E-state index contributed by atoms with van der Waals surface area (Å²) in [5.74, 6) is 1.33. The summed E-state index contributed by atoms with van der Waals surface area (Å²) >= 11 is 3.51. The number of ether oxygens (including phenoxy) is 3. The SMILES string of the molecule is CC(C)(C)[O-].CCCCOc1c(C(=O)c2c(C)ccc(Br)c2C)ccc(OC)c1OC.[K+]. The van der Waals surface area contributed by atoms with E-state index in [9.17, 15) is 9.90 Å². The molecule has 0 aromatic heterocycles. The second kappa shape index (κ2) is 14.8. The van der Waals surface area contributed by atoms with Gasteiger partial charge < -0.3 is 19.3 Å². The van der Waals surface area contributed by atoms with Crippen LogP contribution in [0.2, 0.25) is 0 Å². The average molecular weight is 534 g/mol. The number of aryl methyl sites for hydroxylation is 1. The van der Waals surface area contributed by atoms with E-state index in [0.717, 1.165) is 28.4 Å². The monoisotopic (exact) mass is 532 g/mol. The van der Waals surface area contributed by atoms with Gasteiger partial charge in [0.25, 0.3) is 0 Å². The summed E-state index contributed by atoms with van der Waals surface area (Å²) in [5, 5.41) is 10.1. The van der Waals surface area contributed by atoms with E-state index in [1.54, 1.807) is 47.1 Å². The summed E-state index contributed by atoms with van der Waals surface area (Å²) in [7, 11) is 3.12. The van der Waals surface area contributed by atoms with Gasteiger partial charge in [-0.1, -0.05) is 56.1 Å². The molecule has 0 spiro atoms. The molecule has 2 aromatic rings. The Hall–Kier alpha value is -0.414. The predicted octanol–water partition coefficient (Wildman–Crippen LogP) is 2.64. The van der Waals surface area contributed by atoms with Gasteiger partial charge in [0.2, 0.25) is 5.75 Å². The Bertz CT molecular complexity index is 885. The zero-order chi connectivity index (χ0) is 23.8. The van der Waals surface area contributed by atoms with Crippen LogP contribution in [0.3, 0.4) is 0 Å². The van der Waals surface area contributed by atoms with Crippen molar-refractivity contribution in [3.63, 3.8) is 0 Å². The van der Waals surface area contributed by atoms with E-state index in [4.69, 9.17) is 14.2 Å². The largest absolute Gasteiger partial charge is 1.00 e. The van der Waals surface area contributed by atoms with E-state index in [1.165, 1.54) is 0 Å². The summed E-state index contributed by atoms with van der Waals surface area (Å²) in [4.78, 5) is 13.4. The molecule has 0 saturated heterocycles. The maximum Gasteiger partial charge on any atom is 1.00 e. The van der Waals surface area contributed by atoms with Gasteiger partial charge in [0, 0.05) is 10.0 Å². The third-order valence-corrected chi connectivity index (χ3v) is 5.18. The van der Waals surface area contributed by atoms with Crippen LogP contribution < -0.4 is 70.7 Å². The van der Waals surface area contributed by atoms with Gasteiger partial charge in [0.1, 0.15) is 0 Å². The van der Waals surface area contributed by atoms with Crippen LogP contribution in [0.25, 0.3) is 0 Å². The van der Waals surface area contributed by atoms with E-state index in [0.29, 0.717) is 35.0 Å². The van der Waals surface area contributed by atoms with E-state index in [-0.39, 0.29) is 57.2 Å². The van der Waals surface area contributed by atoms with Gasteiger partial charge in [-0.2, -0.15) is 0 Å². The van der Waals surface area contributed by atoms with Crippen LogP contribution in [-0.2, 0) is 0 Å². The standard InChI is InChI=1S/C21H25BrO4.C4H9O.K/c1-6-7-12-26-20-15(9-11-17(24-4)21(20)25-5)19(23)18-13(2)8-10-16(22)14(18)3;1-4(2,3)5;/h8-11H,6-7,12H2,1-5H3;1-3H3;/q;-1;+1. The molecule has 0 aliphatic heterocycles. The third-order valence-electron chi connectivity index (χ3n) is 4.32. The quantitative estimate of drug-likeness (QED) is 0.297. The summed E-state index contributed by atoms with van der Waals surface area (Å²) in [6.45, 7) is 11.4. The Balaban J connectivity index is 0.00000144. The summed E-state index contributed by atoms with van der Waals surface area (Å²) in [6, 6.07) is 7.36. The molecule has 0 unspecified atom stereocenters. The van der Waals surface area contributed by atoms with Crippen molar-refractivity contribution in [2.45, 2.75) is 60.0 Å². The summed E-state index contributed by atoms with van der Waals surface area (Å²) in [6.07, 6.45) is 1.89. The van der Waals surface area contributed by atoms with E-state index >= 15 is 0 Å². The van der Waals surface area contributed by atoms with Gasteiger partial charge in [0.05, 0.1) is 26.4 Å². The first-order valence-corrected chi connectivity index (χ1v) is 11.1. The molecular weight excluding hydrogens is 499 g/mol. The number of methoxy groups -OCH3 is 2. The Kier molecular flexibility index (Phi) is 14.6. The molecular formula is C25H34BrKO5. The Morgan fingerprint density at radius 2 is 1.62 bits per heavy atom. The fourth-order valence-corrected chi connectivity index (χ4v) is 3.18. The van der Waals surface area contributed by atoms with Crippen LogP contribution in [-0.4, -0.2) is 32.2 Å². The summed E-state index contributed by atoms with van der Waals surface area (Å²) < 4.78 is 17.7. The maximum absolute atomic E-state index is 13.4. The summed E-state index contributed by atoms with van der Waals surface area (Å²) in [5.41, 5.74) is 2.23. The zero-order valence-corrected chi connectivity index (χ0v) is 25.6. The molecule has 0 heterocycles. The van der Waals surface area contributed by atoms with Crippen molar-refractivity contribution >= 4 is 21.7 Å². The Morgan fingerprint density at radius 1 is 1.03 bits per heavy atom. The van der Waals surface area contributed by atoms with Crippen LogP contribution in [0.15, 0.2) is 28.7 Å². The molecule has 0 atom stereocenters. The van der Waals surface area contributed by atoms with Gasteiger partial charge in [-0.3, -0.25) is 4.79 Å². The molecule has 2 rings (SSSR count). The first-order chi connectivity index (χ1) is 14.5. The fraction of sp³-hybridized carbons (Fsp3) is 0.480. The minimum Gasteiger partial charge on any atom is -0.850 e. The molecule has 32 heavy (non-hydrogen) atoms. The smallest absolute Gasteiger partial charge is 0.850 e. The van der Waals surface area contributed by atoms with E-state index in [1.807, 2.05) is 26.0 Å². The van der Waals surface area contributed by atoms with Crippen LogP contribution in [0.5, 0.6) is 17.2 Å². The van der Waals surface area contributed by atoms with Crippen LogP contribution in [0, 0.1) is 13.8 Å². The predicted molar refractivity (Wildman–Crippen MR) is 127 cm³/mol. The first kappa shape index (κ1) is 31.6. The minimum absolute atomic E-state index is 0. The molecule has 0 bridgehead atoms. The maximum atomic E-state index is 13.4. The van der Waals surface area contributed by atoms with Crippen molar-refractivity contribution in [1.29, 1.82) is 0 Å². The van der Waals surface area contributed by atoms with Crippen molar-refractivity contribution < 1.29 is 75.5 Å². The van der Waals surface area contributed by atoms with Gasteiger partial charge in [-0.25, -0.2) is 0 Å². The van der Waals surface area contributed by atoms with Gasteiger partial charge >= 0.3 is 51.4 Å². The molecule has 2 aromatic carbocycles. The second-order valence-corrected chi connectivity index (χ2v) is 9.04. The van der Waals surface area contributed by atoms with Crippen molar-refractivity contribution in [1.82, 2.24) is 0 Å². The third kappa shape index (κ3) is 9.45. The van der Waals surface area contributed by atoms with E-state index < -0.39 is 5.60 Å². The number of ketones is 1. The number of hydrogen-bond acceptors (Lipinski definition) is 5. The molecule has 0 fully saturated rings. The first-order valence-electron chi connectivity index (χ1n) is 10.3. The molecule has 0 aliphatic carbocycles. The average Bonchev–Trinajstić information content (AvgIpc) is 2.69. The fourth-order valence-electron chi connectivity index (χ4n) is 2.85. The van der Waals surface area contributed by atoms with Gasteiger partial charge in [0.15, 0.2) is 17.3 Å². The van der Waals surface area contributed by atoms with Crippen LogP contribution >= 0.6 is 15.9 Å². The molecule has 172 valence electrons. The van der Waals surface area contributed by atoms with Gasteiger partial charge in [-0.05, 0) is 49.6 Å². The Morgan fingerprint density at radius 3 is 2.12 bits per heavy atom. The van der Waals surface area contributed by atoms with E-state index in [2.05, 4.69) is 22.9 Å². The number of carbonyl (C=O) groups is 1. The zero-order valence-electron chi connectivity index (χ0n) is 20.8. The number of carbonyl (C=O) groups excluding carboxylic acids is 1. The van der Waals surface area contributed by atoms with Crippen LogP contribution in [0.1, 0.15) is 67.6 Å². The molecule has 5 nitrogen and oxygen atoms in total. The molecule has 0 N–H and O–H groups in total. The number of hydrogen-bond donors (Lipinski definition) is 0.